The van der Waals surface area contributed by atoms with Gasteiger partial charge in [-0.1, -0.05) is 60.2 Å². The molecule has 3 aromatic carbocycles. The van der Waals surface area contributed by atoms with E-state index in [0.29, 0.717) is 19.0 Å². The van der Waals surface area contributed by atoms with Gasteiger partial charge in [-0.2, -0.15) is 0 Å². The number of fused-ring (bicyclic) bond motifs is 1. The third-order valence-electron chi connectivity index (χ3n) is 9.36. The Hall–Kier alpha value is -4.08. The summed E-state index contributed by atoms with van der Waals surface area (Å²) in [6.07, 6.45) is 5.56. The Bertz CT molecular complexity index is 1600. The van der Waals surface area contributed by atoms with Crippen molar-refractivity contribution in [3.8, 4) is 0 Å². The summed E-state index contributed by atoms with van der Waals surface area (Å²) in [6, 6.07) is 18.6. The first-order valence-electron chi connectivity index (χ1n) is 16.9. The number of nitrogens with two attached hydrogens (primary N) is 1. The summed E-state index contributed by atoms with van der Waals surface area (Å²) < 4.78 is 13.8. The van der Waals surface area contributed by atoms with E-state index in [9.17, 15) is 18.8 Å². The lowest BCUT2D eigenvalue weighted by Crippen LogP contribution is -2.56. The van der Waals surface area contributed by atoms with Crippen LogP contribution >= 0.6 is 0 Å². The van der Waals surface area contributed by atoms with E-state index in [2.05, 4.69) is 17.3 Å². The molecule has 0 aliphatic carbocycles. The zero-order chi connectivity index (χ0) is 35.0. The molecule has 9 heteroatoms. The molecule has 3 aromatic rings. The van der Waals surface area contributed by atoms with Crippen LogP contribution in [0.3, 0.4) is 0 Å². The average Bonchev–Trinajstić information content (AvgIpc) is 3.45. The highest BCUT2D eigenvalue weighted by Crippen LogP contribution is 2.22. The Labute approximate surface area is 285 Å². The molecule has 1 aliphatic rings. The maximum Gasteiger partial charge on any atom is 0.246 e. The minimum Gasteiger partial charge on any atom is -0.354 e. The average molecular weight is 658 g/mol. The Morgan fingerprint density at radius 2 is 1.62 bits per heavy atom. The van der Waals surface area contributed by atoms with Crippen molar-refractivity contribution in [1.82, 2.24) is 20.0 Å². The van der Waals surface area contributed by atoms with Crippen molar-refractivity contribution in [3.05, 3.63) is 95.3 Å². The minimum absolute atomic E-state index is 0.197. The fourth-order valence-corrected chi connectivity index (χ4v) is 6.68. The third kappa shape index (κ3) is 10.2. The molecule has 258 valence electrons. The standard InChI is InChI=1S/C39H52FN5O3/c1-27(26-39(2,3)41)22-36(46)44(5)35(25-29-13-16-30-10-7-8-11-31(30)23-29)38(48)45(6)34(24-28-14-17-32(40)18-15-28)37(47)42-20-19-33-12-9-21-43(33)4/h7-8,10-11,13-18,22-23,33-35H,9,12,19-21,24-26,41H2,1-6H3,(H,42,47)/b27-22+/t33?,34-,35-/m1/s1. The van der Waals surface area contributed by atoms with Crippen LogP contribution < -0.4 is 11.1 Å². The fourth-order valence-electron chi connectivity index (χ4n) is 6.68. The Morgan fingerprint density at radius 1 is 0.979 bits per heavy atom. The van der Waals surface area contributed by atoms with E-state index < -0.39 is 17.6 Å². The summed E-state index contributed by atoms with van der Waals surface area (Å²) in [5, 5.41) is 5.18. The largest absolute Gasteiger partial charge is 0.354 e. The van der Waals surface area contributed by atoms with E-state index in [0.717, 1.165) is 53.3 Å². The number of hydrogen-bond donors (Lipinski definition) is 2. The molecule has 3 N–H and O–H groups in total. The van der Waals surface area contributed by atoms with Crippen molar-refractivity contribution < 1.29 is 18.8 Å². The van der Waals surface area contributed by atoms with Gasteiger partial charge < -0.3 is 25.8 Å². The van der Waals surface area contributed by atoms with Gasteiger partial charge in [0.15, 0.2) is 0 Å². The van der Waals surface area contributed by atoms with Gasteiger partial charge in [0.25, 0.3) is 0 Å². The van der Waals surface area contributed by atoms with Crippen LogP contribution in [0.15, 0.2) is 78.4 Å². The predicted molar refractivity (Wildman–Crippen MR) is 191 cm³/mol. The minimum atomic E-state index is -0.894. The molecule has 8 nitrogen and oxygen atoms in total. The maximum atomic E-state index is 14.5. The summed E-state index contributed by atoms with van der Waals surface area (Å²) in [6.45, 7) is 7.19. The lowest BCUT2D eigenvalue weighted by Gasteiger charge is -2.34. The molecule has 1 unspecified atom stereocenters. The monoisotopic (exact) mass is 657 g/mol. The summed E-state index contributed by atoms with van der Waals surface area (Å²) in [5.74, 6) is -1.33. The van der Waals surface area contributed by atoms with Crippen LogP contribution in [0.4, 0.5) is 4.39 Å². The van der Waals surface area contributed by atoms with Gasteiger partial charge in [0.1, 0.15) is 17.9 Å². The van der Waals surface area contributed by atoms with E-state index in [1.54, 1.807) is 26.2 Å². The number of amides is 3. The van der Waals surface area contributed by atoms with E-state index in [1.807, 2.05) is 63.2 Å². The molecule has 0 spiro atoms. The van der Waals surface area contributed by atoms with Crippen molar-refractivity contribution in [2.75, 3.05) is 34.2 Å². The van der Waals surface area contributed by atoms with Crippen molar-refractivity contribution in [3.63, 3.8) is 0 Å². The van der Waals surface area contributed by atoms with Crippen LogP contribution in [-0.2, 0) is 27.2 Å². The lowest BCUT2D eigenvalue weighted by molar-refractivity contribution is -0.146. The smallest absolute Gasteiger partial charge is 0.246 e. The van der Waals surface area contributed by atoms with Crippen LogP contribution in [0.25, 0.3) is 10.8 Å². The first-order valence-corrected chi connectivity index (χ1v) is 16.9. The Morgan fingerprint density at radius 3 is 2.27 bits per heavy atom. The van der Waals surface area contributed by atoms with Gasteiger partial charge >= 0.3 is 0 Å². The molecular weight excluding hydrogens is 605 g/mol. The number of rotatable bonds is 14. The summed E-state index contributed by atoms with van der Waals surface area (Å²) in [5.41, 5.74) is 8.14. The van der Waals surface area contributed by atoms with Crippen molar-refractivity contribution >= 4 is 28.5 Å². The molecule has 1 heterocycles. The van der Waals surface area contributed by atoms with E-state index in [-0.39, 0.29) is 36.4 Å². The Balaban J connectivity index is 1.63. The number of benzene rings is 3. The highest BCUT2D eigenvalue weighted by molar-refractivity contribution is 5.95. The van der Waals surface area contributed by atoms with Crippen molar-refractivity contribution in [2.24, 2.45) is 5.73 Å². The molecule has 1 aliphatic heterocycles. The van der Waals surface area contributed by atoms with Crippen LogP contribution in [0.5, 0.6) is 0 Å². The molecule has 3 atom stereocenters. The molecule has 48 heavy (non-hydrogen) atoms. The molecule has 4 rings (SSSR count). The highest BCUT2D eigenvalue weighted by atomic mass is 19.1. The molecule has 3 amide bonds. The Kier molecular flexibility index (Phi) is 12.5. The van der Waals surface area contributed by atoms with Gasteiger partial charge in [0, 0.05) is 51.1 Å². The number of hydrogen-bond acceptors (Lipinski definition) is 5. The summed E-state index contributed by atoms with van der Waals surface area (Å²) in [4.78, 5) is 47.2. The van der Waals surface area contributed by atoms with E-state index in [4.69, 9.17) is 5.73 Å². The quantitative estimate of drug-likeness (QED) is 0.236. The topological polar surface area (TPSA) is 99.0 Å². The highest BCUT2D eigenvalue weighted by Gasteiger charge is 2.35. The molecule has 0 aromatic heterocycles. The van der Waals surface area contributed by atoms with Crippen LogP contribution in [0.2, 0.25) is 0 Å². The molecule has 0 saturated carbocycles. The van der Waals surface area contributed by atoms with E-state index in [1.165, 1.54) is 28.0 Å². The first kappa shape index (κ1) is 36.8. The second-order valence-electron chi connectivity index (χ2n) is 14.2. The van der Waals surface area contributed by atoms with Gasteiger partial charge in [-0.05, 0) is 94.1 Å². The zero-order valence-corrected chi connectivity index (χ0v) is 29.3. The van der Waals surface area contributed by atoms with Gasteiger partial charge in [-0.3, -0.25) is 14.4 Å². The van der Waals surface area contributed by atoms with Crippen LogP contribution in [0.1, 0.15) is 57.6 Å². The summed E-state index contributed by atoms with van der Waals surface area (Å²) >= 11 is 0. The van der Waals surface area contributed by atoms with Crippen LogP contribution in [0, 0.1) is 5.82 Å². The van der Waals surface area contributed by atoms with Crippen molar-refractivity contribution in [2.45, 2.75) is 83.0 Å². The third-order valence-corrected chi connectivity index (χ3v) is 9.36. The second-order valence-corrected chi connectivity index (χ2v) is 14.2. The van der Waals surface area contributed by atoms with Gasteiger partial charge in [-0.25, -0.2) is 4.39 Å². The first-order chi connectivity index (χ1) is 22.7. The SMILES string of the molecule is C/C(=C\C(=O)N(C)[C@H](Cc1ccc2ccccc2c1)C(=O)N(C)[C@H](Cc1ccc(F)cc1)C(=O)NCCC1CCCN1C)CC(C)(C)N. The summed E-state index contributed by atoms with van der Waals surface area (Å²) in [7, 11) is 5.35. The predicted octanol–water partition coefficient (Wildman–Crippen LogP) is 5.09. The second kappa shape index (κ2) is 16.3. The molecule has 0 radical (unpaired) electrons. The number of nitrogens with one attached hydrogen (secondary N) is 1. The lowest BCUT2D eigenvalue weighted by atomic mass is 9.96. The number of carbonyl (C=O) groups excluding carboxylic acids is 3. The van der Waals surface area contributed by atoms with Gasteiger partial charge in [0.2, 0.25) is 17.7 Å². The molecule has 0 bridgehead atoms. The molecule has 1 fully saturated rings. The number of likely N-dealkylation sites (tertiary alicyclic amines) is 1. The zero-order valence-electron chi connectivity index (χ0n) is 29.3. The maximum absolute atomic E-state index is 14.5. The number of likely N-dealkylation sites (N-methyl/N-ethyl adjacent to an activating group) is 2. The number of halogens is 1. The van der Waals surface area contributed by atoms with Gasteiger partial charge in [-0.15, -0.1) is 0 Å². The molecule has 1 saturated heterocycles. The normalized spacial score (nSPS) is 16.8. The number of nitrogens with zero attached hydrogens (tertiary/aromatic N) is 3. The molecular formula is C39H52FN5O3. The fraction of sp³-hybridized carbons (Fsp3) is 0.462. The number of carbonyl (C=O) groups is 3. The van der Waals surface area contributed by atoms with Crippen LogP contribution in [-0.4, -0.2) is 90.3 Å². The van der Waals surface area contributed by atoms with E-state index >= 15 is 0 Å². The van der Waals surface area contributed by atoms with Gasteiger partial charge in [0.05, 0.1) is 0 Å². The van der Waals surface area contributed by atoms with Crippen molar-refractivity contribution in [1.29, 1.82) is 0 Å².